The molecule has 0 aliphatic carbocycles. The molecule has 1 fully saturated rings. The zero-order chi connectivity index (χ0) is 28.2. The van der Waals surface area contributed by atoms with Crippen molar-refractivity contribution in [1.82, 2.24) is 14.9 Å². The summed E-state index contributed by atoms with van der Waals surface area (Å²) in [6.45, 7) is 3.13. The number of benzene rings is 3. The molecule has 11 heteroatoms. The SMILES string of the molecule is COc1cc2ncnc(Nc3ccc(OC4CCN(C(=O)Nc5c(Cl)cccc5Cl)CC4)c(C)c3)c2cc1OC. The van der Waals surface area contributed by atoms with E-state index < -0.39 is 0 Å². The molecule has 2 N–H and O–H groups in total. The minimum Gasteiger partial charge on any atom is -0.493 e. The Morgan fingerprint density at radius 3 is 2.33 bits per heavy atom. The van der Waals surface area contributed by atoms with Crippen LogP contribution in [0.25, 0.3) is 10.9 Å². The lowest BCUT2D eigenvalue weighted by Gasteiger charge is -2.32. The van der Waals surface area contributed by atoms with Crippen molar-refractivity contribution in [2.24, 2.45) is 0 Å². The number of halogens is 2. The number of carbonyl (C=O) groups excluding carboxylic acids is 1. The van der Waals surface area contributed by atoms with E-state index in [-0.39, 0.29) is 12.1 Å². The van der Waals surface area contributed by atoms with E-state index in [0.29, 0.717) is 59.0 Å². The fourth-order valence-electron chi connectivity index (χ4n) is 4.64. The first kappa shape index (κ1) is 27.6. The lowest BCUT2D eigenvalue weighted by molar-refractivity contribution is 0.115. The van der Waals surface area contributed by atoms with Crippen molar-refractivity contribution in [3.8, 4) is 17.2 Å². The van der Waals surface area contributed by atoms with Crippen LogP contribution in [0.1, 0.15) is 18.4 Å². The van der Waals surface area contributed by atoms with Gasteiger partial charge in [0.2, 0.25) is 0 Å². The molecule has 0 bridgehead atoms. The number of methoxy groups -OCH3 is 2. The van der Waals surface area contributed by atoms with Crippen molar-refractivity contribution in [3.63, 3.8) is 0 Å². The number of nitrogens with zero attached hydrogens (tertiary/aromatic N) is 3. The van der Waals surface area contributed by atoms with Crippen LogP contribution in [0.5, 0.6) is 17.2 Å². The Bertz CT molecular complexity index is 1520. The number of aryl methyl sites for hydroxylation is 1. The Kier molecular flexibility index (Phi) is 8.32. The van der Waals surface area contributed by atoms with Crippen molar-refractivity contribution < 1.29 is 19.0 Å². The number of hydrogen-bond acceptors (Lipinski definition) is 7. The summed E-state index contributed by atoms with van der Waals surface area (Å²) in [5.74, 6) is 2.66. The molecule has 1 aliphatic rings. The molecule has 9 nitrogen and oxygen atoms in total. The monoisotopic (exact) mass is 581 g/mol. The lowest BCUT2D eigenvalue weighted by Crippen LogP contribution is -2.43. The summed E-state index contributed by atoms with van der Waals surface area (Å²) in [6, 6.07) is 14.5. The van der Waals surface area contributed by atoms with Crippen LogP contribution in [-0.4, -0.2) is 54.3 Å². The molecule has 5 rings (SSSR count). The number of urea groups is 1. The van der Waals surface area contributed by atoms with Gasteiger partial charge in [-0.2, -0.15) is 0 Å². The first-order valence-electron chi connectivity index (χ1n) is 12.8. The average Bonchev–Trinajstić information content (AvgIpc) is 2.96. The number of para-hydroxylation sites is 1. The second kappa shape index (κ2) is 12.1. The van der Waals surface area contributed by atoms with E-state index in [2.05, 4.69) is 20.6 Å². The number of likely N-dealkylation sites (tertiary alicyclic amines) is 1. The quantitative estimate of drug-likeness (QED) is 0.240. The Morgan fingerprint density at radius 2 is 1.65 bits per heavy atom. The number of carbonyl (C=O) groups is 1. The lowest BCUT2D eigenvalue weighted by atomic mass is 10.1. The van der Waals surface area contributed by atoms with Gasteiger partial charge in [0.1, 0.15) is 24.0 Å². The largest absolute Gasteiger partial charge is 0.493 e. The maximum absolute atomic E-state index is 12.8. The molecule has 0 saturated carbocycles. The van der Waals surface area contributed by atoms with Gasteiger partial charge in [-0.25, -0.2) is 14.8 Å². The molecule has 0 unspecified atom stereocenters. The molecule has 0 radical (unpaired) electrons. The summed E-state index contributed by atoms with van der Waals surface area (Å²) in [5.41, 5.74) is 3.01. The molecular formula is C29H29Cl2N5O4. The fraction of sp³-hybridized carbons (Fsp3) is 0.276. The maximum atomic E-state index is 12.8. The second-order valence-corrected chi connectivity index (χ2v) is 10.2. The van der Waals surface area contributed by atoms with E-state index in [1.54, 1.807) is 37.3 Å². The van der Waals surface area contributed by atoms with Crippen molar-refractivity contribution >= 4 is 57.3 Å². The fourth-order valence-corrected chi connectivity index (χ4v) is 5.13. The van der Waals surface area contributed by atoms with Crippen LogP contribution in [0, 0.1) is 6.92 Å². The Balaban J connectivity index is 1.21. The summed E-state index contributed by atoms with van der Waals surface area (Å²) >= 11 is 12.4. The van der Waals surface area contributed by atoms with Gasteiger partial charge in [-0.15, -0.1) is 0 Å². The summed E-state index contributed by atoms with van der Waals surface area (Å²) in [6.07, 6.45) is 2.93. The standard InChI is InChI=1S/C29H29Cl2N5O4/c1-17-13-18(34-28-20-14-25(38-2)26(39-3)15-23(20)32-16-33-28)7-8-24(17)40-19-9-11-36(12-10-19)29(37)35-27-21(30)5-4-6-22(27)31/h4-8,13-16,19H,9-12H2,1-3H3,(H,35,37)(H,32,33,34). The van der Waals surface area contributed by atoms with Gasteiger partial charge in [0.15, 0.2) is 11.5 Å². The average molecular weight is 582 g/mol. The van der Waals surface area contributed by atoms with Crippen molar-refractivity contribution in [2.45, 2.75) is 25.9 Å². The van der Waals surface area contributed by atoms with E-state index in [1.165, 1.54) is 6.33 Å². The molecule has 0 spiro atoms. The van der Waals surface area contributed by atoms with Gasteiger partial charge < -0.3 is 29.7 Å². The van der Waals surface area contributed by atoms with Gasteiger partial charge in [-0.05, 0) is 48.9 Å². The number of nitrogens with one attached hydrogen (secondary N) is 2. The van der Waals surface area contributed by atoms with Crippen LogP contribution in [-0.2, 0) is 0 Å². The van der Waals surface area contributed by atoms with Gasteiger partial charge in [-0.3, -0.25) is 0 Å². The van der Waals surface area contributed by atoms with E-state index in [1.807, 2.05) is 37.3 Å². The third kappa shape index (κ3) is 5.95. The predicted octanol–water partition coefficient (Wildman–Crippen LogP) is 7.08. The smallest absolute Gasteiger partial charge is 0.321 e. The number of aromatic nitrogens is 2. The van der Waals surface area contributed by atoms with Crippen LogP contribution in [0.3, 0.4) is 0 Å². The number of amides is 2. The number of fused-ring (bicyclic) bond motifs is 1. The van der Waals surface area contributed by atoms with Crippen LogP contribution in [0.4, 0.5) is 22.0 Å². The number of piperidine rings is 1. The van der Waals surface area contributed by atoms with Crippen LogP contribution in [0.2, 0.25) is 10.0 Å². The minimum absolute atomic E-state index is 0.00119. The van der Waals surface area contributed by atoms with E-state index in [0.717, 1.165) is 27.9 Å². The van der Waals surface area contributed by atoms with E-state index >= 15 is 0 Å². The van der Waals surface area contributed by atoms with Crippen LogP contribution < -0.4 is 24.8 Å². The molecule has 2 heterocycles. The molecule has 40 heavy (non-hydrogen) atoms. The molecule has 2 amide bonds. The van der Waals surface area contributed by atoms with Crippen LogP contribution >= 0.6 is 23.2 Å². The molecule has 1 aliphatic heterocycles. The first-order valence-corrected chi connectivity index (χ1v) is 13.5. The van der Waals surface area contributed by atoms with Gasteiger partial charge >= 0.3 is 6.03 Å². The van der Waals surface area contributed by atoms with E-state index in [9.17, 15) is 4.79 Å². The normalized spacial score (nSPS) is 13.7. The second-order valence-electron chi connectivity index (χ2n) is 9.38. The van der Waals surface area contributed by atoms with E-state index in [4.69, 9.17) is 37.4 Å². The number of ether oxygens (including phenoxy) is 3. The van der Waals surface area contributed by atoms with Gasteiger partial charge in [0.05, 0.1) is 35.5 Å². The Hall–Kier alpha value is -3.95. The third-order valence-corrected chi connectivity index (χ3v) is 7.43. The predicted molar refractivity (Wildman–Crippen MR) is 158 cm³/mol. The number of hydrogen-bond donors (Lipinski definition) is 2. The molecule has 3 aromatic carbocycles. The van der Waals surface area contributed by atoms with Crippen molar-refractivity contribution in [3.05, 3.63) is 70.5 Å². The van der Waals surface area contributed by atoms with Gasteiger partial charge in [0.25, 0.3) is 0 Å². The molecule has 1 aromatic heterocycles. The highest BCUT2D eigenvalue weighted by atomic mass is 35.5. The van der Waals surface area contributed by atoms with Crippen molar-refractivity contribution in [1.29, 1.82) is 0 Å². The molecule has 4 aromatic rings. The summed E-state index contributed by atoms with van der Waals surface area (Å²) in [7, 11) is 3.19. The molecular weight excluding hydrogens is 553 g/mol. The number of rotatable bonds is 7. The maximum Gasteiger partial charge on any atom is 0.321 e. The summed E-state index contributed by atoms with van der Waals surface area (Å²) in [5, 5.41) is 7.82. The van der Waals surface area contributed by atoms with Crippen molar-refractivity contribution in [2.75, 3.05) is 37.9 Å². The Morgan fingerprint density at radius 1 is 0.950 bits per heavy atom. The van der Waals surface area contributed by atoms with Gasteiger partial charge in [-0.1, -0.05) is 29.3 Å². The minimum atomic E-state index is -0.228. The topological polar surface area (TPSA) is 97.8 Å². The first-order chi connectivity index (χ1) is 19.4. The molecule has 1 saturated heterocycles. The molecule has 208 valence electrons. The third-order valence-electron chi connectivity index (χ3n) is 6.80. The molecule has 0 atom stereocenters. The summed E-state index contributed by atoms with van der Waals surface area (Å²) in [4.78, 5) is 23.3. The zero-order valence-corrected chi connectivity index (χ0v) is 23.8. The van der Waals surface area contributed by atoms with Crippen LogP contribution in [0.15, 0.2) is 54.9 Å². The Labute approximate surface area is 242 Å². The van der Waals surface area contributed by atoms with Gasteiger partial charge in [0, 0.05) is 43.1 Å². The highest BCUT2D eigenvalue weighted by Gasteiger charge is 2.25. The highest BCUT2D eigenvalue weighted by Crippen LogP contribution is 2.35. The number of anilines is 3. The summed E-state index contributed by atoms with van der Waals surface area (Å²) < 4.78 is 17.2. The zero-order valence-electron chi connectivity index (χ0n) is 22.3. The highest BCUT2D eigenvalue weighted by molar-refractivity contribution is 6.39.